The summed E-state index contributed by atoms with van der Waals surface area (Å²) in [6.07, 6.45) is 4.89. The average Bonchev–Trinajstić information content (AvgIpc) is 2.41. The van der Waals surface area contributed by atoms with Crippen molar-refractivity contribution in [1.29, 1.82) is 0 Å². The Hall–Kier alpha value is -1.10. The van der Waals surface area contributed by atoms with Gasteiger partial charge in [-0.1, -0.05) is 12.8 Å². The molecule has 0 aromatic rings. The van der Waals surface area contributed by atoms with Crippen LogP contribution in [0.5, 0.6) is 0 Å². The molecular formula is C15H27N3O2. The molecule has 2 amide bonds. The highest BCUT2D eigenvalue weighted by Gasteiger charge is 2.29. The Morgan fingerprint density at radius 1 is 1.20 bits per heavy atom. The van der Waals surface area contributed by atoms with Crippen LogP contribution in [0.25, 0.3) is 0 Å². The van der Waals surface area contributed by atoms with E-state index >= 15 is 0 Å². The lowest BCUT2D eigenvalue weighted by molar-refractivity contribution is -0.143. The van der Waals surface area contributed by atoms with Gasteiger partial charge >= 0.3 is 0 Å². The van der Waals surface area contributed by atoms with Gasteiger partial charge in [-0.15, -0.1) is 0 Å². The molecule has 0 aromatic heterocycles. The van der Waals surface area contributed by atoms with Gasteiger partial charge in [0.25, 0.3) is 0 Å². The van der Waals surface area contributed by atoms with Crippen molar-refractivity contribution in [3.8, 4) is 0 Å². The van der Waals surface area contributed by atoms with Crippen LogP contribution in [0.1, 0.15) is 46.0 Å². The van der Waals surface area contributed by atoms with E-state index in [1.165, 1.54) is 6.42 Å². The normalized spacial score (nSPS) is 29.0. The van der Waals surface area contributed by atoms with Crippen molar-refractivity contribution in [3.05, 3.63) is 0 Å². The van der Waals surface area contributed by atoms with E-state index in [-0.39, 0.29) is 24.4 Å². The van der Waals surface area contributed by atoms with Crippen molar-refractivity contribution in [3.63, 3.8) is 0 Å². The second-order valence-corrected chi connectivity index (χ2v) is 6.05. The first-order valence-corrected chi connectivity index (χ1v) is 7.90. The fourth-order valence-corrected chi connectivity index (χ4v) is 3.05. The first kappa shape index (κ1) is 15.3. The van der Waals surface area contributed by atoms with Crippen molar-refractivity contribution in [2.45, 2.75) is 58.0 Å². The van der Waals surface area contributed by atoms with Gasteiger partial charge in [-0.25, -0.2) is 0 Å². The van der Waals surface area contributed by atoms with Crippen LogP contribution in [-0.2, 0) is 9.59 Å². The minimum atomic E-state index is 0.0970. The lowest BCUT2D eigenvalue weighted by atomic mass is 10.1. The number of rotatable bonds is 2. The molecule has 5 nitrogen and oxygen atoms in total. The summed E-state index contributed by atoms with van der Waals surface area (Å²) in [4.78, 5) is 28.2. The summed E-state index contributed by atoms with van der Waals surface area (Å²) in [5.41, 5.74) is 0. The van der Waals surface area contributed by atoms with Crippen LogP contribution in [0.15, 0.2) is 0 Å². The molecule has 114 valence electrons. The predicted octanol–water partition coefficient (Wildman–Crippen LogP) is 0.988. The number of hydrogen-bond donors (Lipinski definition) is 1. The number of carbonyl (C=O) groups excluding carboxylic acids is 2. The van der Waals surface area contributed by atoms with Gasteiger partial charge in [0.05, 0.1) is 6.54 Å². The van der Waals surface area contributed by atoms with Crippen LogP contribution >= 0.6 is 0 Å². The Morgan fingerprint density at radius 3 is 2.75 bits per heavy atom. The highest BCUT2D eigenvalue weighted by atomic mass is 16.2. The van der Waals surface area contributed by atoms with E-state index in [9.17, 15) is 9.59 Å². The molecule has 20 heavy (non-hydrogen) atoms. The van der Waals surface area contributed by atoms with Gasteiger partial charge in [0.1, 0.15) is 0 Å². The average molecular weight is 281 g/mol. The lowest BCUT2D eigenvalue weighted by Crippen LogP contribution is -2.59. The molecule has 5 heteroatoms. The first-order valence-electron chi connectivity index (χ1n) is 7.90. The molecule has 2 saturated heterocycles. The van der Waals surface area contributed by atoms with Crippen molar-refractivity contribution in [2.75, 3.05) is 26.2 Å². The number of carbonyl (C=O) groups is 2. The first-order chi connectivity index (χ1) is 9.59. The topological polar surface area (TPSA) is 52.7 Å². The van der Waals surface area contributed by atoms with E-state index in [2.05, 4.69) is 19.2 Å². The van der Waals surface area contributed by atoms with Crippen LogP contribution < -0.4 is 5.32 Å². The minimum Gasteiger partial charge on any atom is -0.336 e. The monoisotopic (exact) mass is 281 g/mol. The van der Waals surface area contributed by atoms with Crippen molar-refractivity contribution >= 4 is 11.8 Å². The number of piperazine rings is 1. The molecule has 0 aromatic carbocycles. The van der Waals surface area contributed by atoms with Crippen molar-refractivity contribution in [1.82, 2.24) is 15.1 Å². The quantitative estimate of drug-likeness (QED) is 0.821. The second kappa shape index (κ2) is 7.07. The SMILES string of the molecule is CC1NCCN(C(=O)CN2CCCCCCC2=O)C1C. The van der Waals surface area contributed by atoms with Gasteiger partial charge in [0.2, 0.25) is 11.8 Å². The summed E-state index contributed by atoms with van der Waals surface area (Å²) in [7, 11) is 0. The number of amides is 2. The van der Waals surface area contributed by atoms with E-state index < -0.39 is 0 Å². The third-order valence-electron chi connectivity index (χ3n) is 4.60. The Bertz CT molecular complexity index is 359. The Labute approximate surface area is 121 Å². The molecular weight excluding hydrogens is 254 g/mol. The molecule has 2 aliphatic heterocycles. The van der Waals surface area contributed by atoms with E-state index in [4.69, 9.17) is 0 Å². The molecule has 2 unspecified atom stereocenters. The fourth-order valence-electron chi connectivity index (χ4n) is 3.05. The van der Waals surface area contributed by atoms with Crippen LogP contribution in [0, 0.1) is 0 Å². The van der Waals surface area contributed by atoms with Gasteiger partial charge < -0.3 is 15.1 Å². The van der Waals surface area contributed by atoms with Crippen LogP contribution in [0.3, 0.4) is 0 Å². The second-order valence-electron chi connectivity index (χ2n) is 6.05. The summed E-state index contributed by atoms with van der Waals surface area (Å²) in [5, 5.41) is 3.37. The van der Waals surface area contributed by atoms with Gasteiger partial charge in [0.15, 0.2) is 0 Å². The molecule has 2 atom stereocenters. The summed E-state index contributed by atoms with van der Waals surface area (Å²) < 4.78 is 0. The molecule has 0 bridgehead atoms. The summed E-state index contributed by atoms with van der Waals surface area (Å²) >= 11 is 0. The Balaban J connectivity index is 1.93. The number of hydrogen-bond acceptors (Lipinski definition) is 3. The number of nitrogens with zero attached hydrogens (tertiary/aromatic N) is 2. The summed E-state index contributed by atoms with van der Waals surface area (Å²) in [6.45, 7) is 6.75. The third kappa shape index (κ3) is 3.72. The predicted molar refractivity (Wildman–Crippen MR) is 78.3 cm³/mol. The standard InChI is InChI=1S/C15H27N3O2/c1-12-13(2)18(10-8-16-12)15(20)11-17-9-6-4-3-5-7-14(17)19/h12-13,16H,3-11H2,1-2H3. The molecule has 2 fully saturated rings. The summed E-state index contributed by atoms with van der Waals surface area (Å²) in [6, 6.07) is 0.511. The molecule has 0 spiro atoms. The third-order valence-corrected chi connectivity index (χ3v) is 4.60. The van der Waals surface area contributed by atoms with Gasteiger partial charge in [0, 0.05) is 38.1 Å². The molecule has 0 saturated carbocycles. The fraction of sp³-hybridized carbons (Fsp3) is 0.867. The molecule has 0 radical (unpaired) electrons. The number of likely N-dealkylation sites (tertiary alicyclic amines) is 1. The van der Waals surface area contributed by atoms with Gasteiger partial charge in [-0.2, -0.15) is 0 Å². The lowest BCUT2D eigenvalue weighted by Gasteiger charge is -2.39. The molecule has 2 heterocycles. The van der Waals surface area contributed by atoms with E-state index in [0.29, 0.717) is 12.5 Å². The molecule has 2 aliphatic rings. The van der Waals surface area contributed by atoms with Crippen LogP contribution in [0.2, 0.25) is 0 Å². The largest absolute Gasteiger partial charge is 0.336 e. The van der Waals surface area contributed by atoms with Crippen LogP contribution in [-0.4, -0.2) is 59.9 Å². The van der Waals surface area contributed by atoms with Crippen molar-refractivity contribution < 1.29 is 9.59 Å². The summed E-state index contributed by atoms with van der Waals surface area (Å²) in [5.74, 6) is 0.244. The number of nitrogens with one attached hydrogen (secondary N) is 1. The molecule has 0 aliphatic carbocycles. The highest BCUT2D eigenvalue weighted by Crippen LogP contribution is 2.14. The minimum absolute atomic E-state index is 0.0970. The zero-order chi connectivity index (χ0) is 14.5. The maximum Gasteiger partial charge on any atom is 0.242 e. The zero-order valence-electron chi connectivity index (χ0n) is 12.7. The molecule has 2 rings (SSSR count). The van der Waals surface area contributed by atoms with E-state index in [0.717, 1.165) is 38.9 Å². The van der Waals surface area contributed by atoms with Crippen molar-refractivity contribution in [2.24, 2.45) is 0 Å². The Kier molecular flexibility index (Phi) is 5.40. The molecule has 1 N–H and O–H groups in total. The van der Waals surface area contributed by atoms with Gasteiger partial charge in [-0.05, 0) is 26.7 Å². The smallest absolute Gasteiger partial charge is 0.242 e. The maximum absolute atomic E-state index is 12.5. The zero-order valence-corrected chi connectivity index (χ0v) is 12.7. The van der Waals surface area contributed by atoms with E-state index in [1.807, 2.05) is 4.90 Å². The van der Waals surface area contributed by atoms with Crippen LogP contribution in [0.4, 0.5) is 0 Å². The van der Waals surface area contributed by atoms with Gasteiger partial charge in [-0.3, -0.25) is 9.59 Å². The van der Waals surface area contributed by atoms with E-state index in [1.54, 1.807) is 4.90 Å². The highest BCUT2D eigenvalue weighted by molar-refractivity contribution is 5.85. The maximum atomic E-state index is 12.5. The Morgan fingerprint density at radius 2 is 1.95 bits per heavy atom.